The smallest absolute Gasteiger partial charge is 0.0146 e. The molecule has 3 aromatic rings. The molecule has 0 spiro atoms. The molecule has 3 aromatic carbocycles. The number of unbranched alkanes of at least 4 members (excludes halogenated alkanes) is 1. The molecule has 0 heteroatoms. The summed E-state index contributed by atoms with van der Waals surface area (Å²) in [6.45, 7) is 2.25. The van der Waals surface area contributed by atoms with Crippen molar-refractivity contribution < 1.29 is 0 Å². The molecule has 0 aliphatic heterocycles. The first-order valence-corrected chi connectivity index (χ1v) is 6.70. The minimum atomic E-state index is 1.18. The van der Waals surface area contributed by atoms with Gasteiger partial charge in [0.15, 0.2) is 0 Å². The minimum absolute atomic E-state index is 1.18. The van der Waals surface area contributed by atoms with Crippen LogP contribution in [0.2, 0.25) is 0 Å². The molecule has 3 rings (SSSR count). The molecule has 0 heterocycles. The molecule has 0 aliphatic carbocycles. The predicted molar refractivity (Wildman–Crippen MR) is 78.9 cm³/mol. The molecule has 0 nitrogen and oxygen atoms in total. The zero-order chi connectivity index (χ0) is 12.4. The van der Waals surface area contributed by atoms with E-state index in [1.165, 1.54) is 46.4 Å². The Hall–Kier alpha value is -1.82. The fourth-order valence-electron chi connectivity index (χ4n) is 2.55. The largest absolute Gasteiger partial charge is 0.0654 e. The maximum absolute atomic E-state index is 3.15. The van der Waals surface area contributed by atoms with Crippen LogP contribution in [0.4, 0.5) is 0 Å². The van der Waals surface area contributed by atoms with Gasteiger partial charge in [0.2, 0.25) is 0 Å². The molecule has 0 aliphatic rings. The highest BCUT2D eigenvalue weighted by Crippen LogP contribution is 2.26. The Morgan fingerprint density at radius 1 is 1.00 bits per heavy atom. The van der Waals surface area contributed by atoms with E-state index in [0.717, 1.165) is 0 Å². The number of benzene rings is 3. The average molecular weight is 233 g/mol. The third-order valence-corrected chi connectivity index (χ3v) is 3.57. The van der Waals surface area contributed by atoms with E-state index in [9.17, 15) is 0 Å². The Kier molecular flexibility index (Phi) is 3.02. The number of hydrogen-bond donors (Lipinski definition) is 0. The highest BCUT2D eigenvalue weighted by Gasteiger charge is 2.02. The molecule has 0 saturated heterocycles. The van der Waals surface area contributed by atoms with Crippen molar-refractivity contribution in [3.05, 3.63) is 60.2 Å². The monoisotopic (exact) mass is 233 g/mol. The predicted octanol–water partition coefficient (Wildman–Crippen LogP) is 5.14. The average Bonchev–Trinajstić information content (AvgIpc) is 2.43. The van der Waals surface area contributed by atoms with Crippen molar-refractivity contribution in [1.82, 2.24) is 0 Å². The molecule has 89 valence electrons. The maximum atomic E-state index is 3.15. The first kappa shape index (κ1) is 11.3. The lowest BCUT2D eigenvalue weighted by molar-refractivity contribution is 0.799. The summed E-state index contributed by atoms with van der Waals surface area (Å²) in [5.74, 6) is 0. The van der Waals surface area contributed by atoms with Gasteiger partial charge in [0, 0.05) is 0 Å². The fraction of sp³-hybridized carbons (Fsp3) is 0.222. The van der Waals surface area contributed by atoms with Crippen LogP contribution in [-0.2, 0) is 6.42 Å². The van der Waals surface area contributed by atoms with E-state index in [1.54, 1.807) is 0 Å². The van der Waals surface area contributed by atoms with Gasteiger partial charge in [-0.3, -0.25) is 0 Å². The lowest BCUT2D eigenvalue weighted by atomic mass is 9.97. The van der Waals surface area contributed by atoms with Crippen molar-refractivity contribution in [3.8, 4) is 0 Å². The van der Waals surface area contributed by atoms with Gasteiger partial charge in [-0.15, -0.1) is 0 Å². The molecule has 0 N–H and O–H groups in total. The van der Waals surface area contributed by atoms with Crippen LogP contribution in [0.1, 0.15) is 25.3 Å². The van der Waals surface area contributed by atoms with E-state index < -0.39 is 0 Å². The summed E-state index contributed by atoms with van der Waals surface area (Å²) in [5, 5.41) is 5.34. The molecule has 0 saturated carbocycles. The van der Waals surface area contributed by atoms with Gasteiger partial charge in [0.05, 0.1) is 0 Å². The topological polar surface area (TPSA) is 0 Å². The van der Waals surface area contributed by atoms with Crippen molar-refractivity contribution in [3.63, 3.8) is 0 Å². The Morgan fingerprint density at radius 3 is 2.83 bits per heavy atom. The van der Waals surface area contributed by atoms with E-state index in [1.807, 2.05) is 6.07 Å². The van der Waals surface area contributed by atoms with Crippen molar-refractivity contribution >= 4 is 21.5 Å². The van der Waals surface area contributed by atoms with Crippen LogP contribution in [0, 0.1) is 6.07 Å². The first-order valence-electron chi connectivity index (χ1n) is 6.70. The van der Waals surface area contributed by atoms with Gasteiger partial charge >= 0.3 is 0 Å². The highest BCUT2D eigenvalue weighted by atomic mass is 14.1. The van der Waals surface area contributed by atoms with Gasteiger partial charge in [-0.1, -0.05) is 43.7 Å². The lowest BCUT2D eigenvalue weighted by Gasteiger charge is -2.08. The molecule has 0 aromatic heterocycles. The Bertz CT molecular complexity index is 680. The van der Waals surface area contributed by atoms with E-state index >= 15 is 0 Å². The molecule has 0 fully saturated rings. The Labute approximate surface area is 108 Å². The summed E-state index contributed by atoms with van der Waals surface area (Å²) in [4.78, 5) is 0. The van der Waals surface area contributed by atoms with E-state index in [4.69, 9.17) is 0 Å². The lowest BCUT2D eigenvalue weighted by Crippen LogP contribution is -1.87. The van der Waals surface area contributed by atoms with Gasteiger partial charge in [-0.2, -0.15) is 0 Å². The van der Waals surface area contributed by atoms with Crippen LogP contribution in [0.25, 0.3) is 21.5 Å². The first-order chi connectivity index (χ1) is 8.88. The second kappa shape index (κ2) is 4.81. The summed E-state index contributed by atoms with van der Waals surface area (Å²) in [6.07, 6.45) is 3.69. The van der Waals surface area contributed by atoms with Crippen molar-refractivity contribution in [2.45, 2.75) is 26.2 Å². The summed E-state index contributed by atoms with van der Waals surface area (Å²) >= 11 is 0. The van der Waals surface area contributed by atoms with Crippen molar-refractivity contribution in [1.29, 1.82) is 0 Å². The third-order valence-electron chi connectivity index (χ3n) is 3.57. The summed E-state index contributed by atoms with van der Waals surface area (Å²) in [7, 11) is 0. The molecule has 1 radical (unpaired) electrons. The summed E-state index contributed by atoms with van der Waals surface area (Å²) in [6, 6.07) is 20.6. The summed E-state index contributed by atoms with van der Waals surface area (Å²) < 4.78 is 0. The van der Waals surface area contributed by atoms with Gasteiger partial charge < -0.3 is 0 Å². The zero-order valence-electron chi connectivity index (χ0n) is 10.7. The molecule has 0 atom stereocenters. The van der Waals surface area contributed by atoms with E-state index in [2.05, 4.69) is 55.5 Å². The third kappa shape index (κ3) is 1.99. The molecule has 0 amide bonds. The van der Waals surface area contributed by atoms with Gasteiger partial charge in [0.1, 0.15) is 0 Å². The zero-order valence-corrected chi connectivity index (χ0v) is 10.7. The van der Waals surface area contributed by atoms with Crippen LogP contribution >= 0.6 is 0 Å². The van der Waals surface area contributed by atoms with E-state index in [0.29, 0.717) is 0 Å². The molecular weight excluding hydrogens is 216 g/mol. The number of hydrogen-bond acceptors (Lipinski definition) is 0. The Balaban J connectivity index is 2.22. The van der Waals surface area contributed by atoms with Crippen molar-refractivity contribution in [2.75, 3.05) is 0 Å². The minimum Gasteiger partial charge on any atom is -0.0654 e. The quantitative estimate of drug-likeness (QED) is 0.550. The molecular formula is C18H17. The van der Waals surface area contributed by atoms with Crippen LogP contribution < -0.4 is 0 Å². The second-order valence-electron chi connectivity index (χ2n) is 4.87. The standard InChI is InChI=1S/C18H17/c1-2-3-7-14-10-6-11-17-12-15-8-4-5-9-16(15)13-18(14)17/h5-6,8-13H,2-3,7H2,1H3. The normalized spacial score (nSPS) is 11.2. The number of rotatable bonds is 3. The maximum Gasteiger partial charge on any atom is -0.0146 e. The SMILES string of the molecule is CCCCc1cccc2cc3c[c]ccc3cc12. The molecule has 18 heavy (non-hydrogen) atoms. The molecule has 0 unspecified atom stereocenters. The second-order valence-corrected chi connectivity index (χ2v) is 4.87. The number of fused-ring (bicyclic) bond motifs is 2. The van der Waals surface area contributed by atoms with E-state index in [-0.39, 0.29) is 0 Å². The van der Waals surface area contributed by atoms with Gasteiger partial charge in [-0.05, 0) is 64.2 Å². The molecule has 0 bridgehead atoms. The van der Waals surface area contributed by atoms with Crippen LogP contribution in [0.15, 0.2) is 48.5 Å². The fourth-order valence-corrected chi connectivity index (χ4v) is 2.55. The van der Waals surface area contributed by atoms with Gasteiger partial charge in [-0.25, -0.2) is 0 Å². The Morgan fingerprint density at radius 2 is 1.94 bits per heavy atom. The highest BCUT2D eigenvalue weighted by molar-refractivity contribution is 5.99. The summed E-state index contributed by atoms with van der Waals surface area (Å²) in [5.41, 5.74) is 1.48. The van der Waals surface area contributed by atoms with Crippen LogP contribution in [0.5, 0.6) is 0 Å². The van der Waals surface area contributed by atoms with Crippen molar-refractivity contribution in [2.24, 2.45) is 0 Å². The van der Waals surface area contributed by atoms with Gasteiger partial charge in [0.25, 0.3) is 0 Å². The van der Waals surface area contributed by atoms with Crippen LogP contribution in [0.3, 0.4) is 0 Å². The number of aryl methyl sites for hydroxylation is 1. The van der Waals surface area contributed by atoms with Crippen LogP contribution in [-0.4, -0.2) is 0 Å².